The molecule has 4 fully saturated rings. The number of alkyl halides is 1. The Labute approximate surface area is 224 Å². The fraction of sp³-hybridized carbons (Fsp3) is 0.500. The van der Waals surface area contributed by atoms with Crippen LogP contribution < -0.4 is 15.0 Å². The molecule has 7 rings (SSSR count). The number of fused-ring (bicyclic) bond motifs is 4. The number of phenols is 1. The molecule has 0 spiro atoms. The minimum Gasteiger partial charge on any atom is -0.505 e. The quantitative estimate of drug-likeness (QED) is 0.485. The highest BCUT2D eigenvalue weighted by Gasteiger charge is 2.49. The second-order valence-electron chi connectivity index (χ2n) is 11.2. The highest BCUT2D eigenvalue weighted by atomic mass is 35.5. The first-order valence-corrected chi connectivity index (χ1v) is 13.8. The third-order valence-corrected chi connectivity index (χ3v) is 9.08. The Morgan fingerprint density at radius 3 is 2.76 bits per heavy atom. The molecule has 0 unspecified atom stereocenters. The molecular formula is C28H30ClF2N5O2. The lowest BCUT2D eigenvalue weighted by atomic mass is 9.95. The molecule has 3 aromatic rings. The Morgan fingerprint density at radius 1 is 1.13 bits per heavy atom. The summed E-state index contributed by atoms with van der Waals surface area (Å²) in [5.41, 5.74) is 0.912. The normalized spacial score (nSPS) is 28.8. The minimum absolute atomic E-state index is 0.122. The van der Waals surface area contributed by atoms with E-state index in [0.29, 0.717) is 42.7 Å². The molecule has 200 valence electrons. The Bertz CT molecular complexity index is 1400. The van der Waals surface area contributed by atoms with Crippen LogP contribution in [0.4, 0.5) is 14.6 Å². The summed E-state index contributed by atoms with van der Waals surface area (Å²) in [7, 11) is 0. The van der Waals surface area contributed by atoms with Gasteiger partial charge in [-0.1, -0.05) is 17.7 Å². The number of rotatable bonds is 5. The van der Waals surface area contributed by atoms with Crippen LogP contribution in [-0.4, -0.2) is 76.6 Å². The standard InChI is InChI=1S/C28H30ClF2N5O2/c29-21-6-7-23(37)25(31)24(21)16-2-5-20-22(10-16)33-27(34-26(20)35-13-18-3-4-19(14-35)32-18)38-15-28-8-1-9-36(28)12-17(30)11-28/h2,5-7,10,17-19,32,37H,1,3-4,8-9,11-15H2/t17-,18-,19+,28+/m1/s1. The number of aromatic nitrogens is 2. The van der Waals surface area contributed by atoms with Crippen molar-refractivity contribution in [2.24, 2.45) is 0 Å². The molecule has 0 saturated carbocycles. The zero-order chi connectivity index (χ0) is 26.0. The number of nitrogens with zero attached hydrogens (tertiary/aromatic N) is 4. The van der Waals surface area contributed by atoms with Gasteiger partial charge < -0.3 is 20.1 Å². The third kappa shape index (κ3) is 4.06. The molecular weight excluding hydrogens is 512 g/mol. The molecule has 2 bridgehead atoms. The maximum Gasteiger partial charge on any atom is 0.319 e. The molecule has 4 saturated heterocycles. The number of hydrogen-bond acceptors (Lipinski definition) is 7. The lowest BCUT2D eigenvalue weighted by molar-refractivity contribution is 0.107. The van der Waals surface area contributed by atoms with Crippen molar-refractivity contribution in [1.29, 1.82) is 0 Å². The van der Waals surface area contributed by atoms with Crippen LogP contribution in [0.2, 0.25) is 5.02 Å². The van der Waals surface area contributed by atoms with Gasteiger partial charge in [0.05, 0.1) is 16.1 Å². The highest BCUT2D eigenvalue weighted by molar-refractivity contribution is 6.33. The van der Waals surface area contributed by atoms with Gasteiger partial charge in [-0.25, -0.2) is 8.78 Å². The Morgan fingerprint density at radius 2 is 1.95 bits per heavy atom. The van der Waals surface area contributed by atoms with Crippen molar-refractivity contribution in [3.63, 3.8) is 0 Å². The van der Waals surface area contributed by atoms with Crippen molar-refractivity contribution in [2.75, 3.05) is 37.7 Å². The van der Waals surface area contributed by atoms with Gasteiger partial charge in [0.2, 0.25) is 0 Å². The van der Waals surface area contributed by atoms with Gasteiger partial charge in [0.25, 0.3) is 0 Å². The van der Waals surface area contributed by atoms with Crippen LogP contribution in [0, 0.1) is 5.82 Å². The molecule has 10 heteroatoms. The lowest BCUT2D eigenvalue weighted by Crippen LogP contribution is -2.51. The van der Waals surface area contributed by atoms with Crippen molar-refractivity contribution in [3.8, 4) is 22.9 Å². The van der Waals surface area contributed by atoms with E-state index in [2.05, 4.69) is 15.1 Å². The number of benzene rings is 2. The molecule has 0 aliphatic carbocycles. The molecule has 4 aliphatic heterocycles. The van der Waals surface area contributed by atoms with Gasteiger partial charge >= 0.3 is 6.01 Å². The number of hydrogen-bond donors (Lipinski definition) is 2. The number of anilines is 1. The Hall–Kier alpha value is -2.75. The fourth-order valence-electron chi connectivity index (χ4n) is 6.98. The van der Waals surface area contributed by atoms with Gasteiger partial charge in [-0.05, 0) is 62.1 Å². The van der Waals surface area contributed by atoms with Crippen LogP contribution >= 0.6 is 11.6 Å². The van der Waals surface area contributed by atoms with E-state index in [-0.39, 0.29) is 22.1 Å². The first kappa shape index (κ1) is 24.3. The average Bonchev–Trinajstić information content (AvgIpc) is 3.55. The molecule has 2 aromatic carbocycles. The van der Waals surface area contributed by atoms with Crippen molar-refractivity contribution in [1.82, 2.24) is 20.2 Å². The van der Waals surface area contributed by atoms with E-state index in [1.54, 1.807) is 12.1 Å². The molecule has 4 atom stereocenters. The van der Waals surface area contributed by atoms with Crippen molar-refractivity contribution < 1.29 is 18.6 Å². The van der Waals surface area contributed by atoms with Crippen LogP contribution in [0.5, 0.6) is 11.8 Å². The first-order chi connectivity index (χ1) is 18.4. The molecule has 0 radical (unpaired) electrons. The smallest absolute Gasteiger partial charge is 0.319 e. The monoisotopic (exact) mass is 541 g/mol. The second-order valence-corrected chi connectivity index (χ2v) is 11.6. The number of piperazine rings is 1. The van der Waals surface area contributed by atoms with Crippen molar-refractivity contribution in [2.45, 2.75) is 55.9 Å². The van der Waals surface area contributed by atoms with Gasteiger partial charge in [-0.2, -0.15) is 9.97 Å². The summed E-state index contributed by atoms with van der Waals surface area (Å²) in [4.78, 5) is 14.1. The summed E-state index contributed by atoms with van der Waals surface area (Å²) < 4.78 is 35.5. The van der Waals surface area contributed by atoms with Gasteiger partial charge in [0.15, 0.2) is 11.6 Å². The highest BCUT2D eigenvalue weighted by Crippen LogP contribution is 2.41. The van der Waals surface area contributed by atoms with Gasteiger partial charge in [0.1, 0.15) is 18.6 Å². The molecule has 5 heterocycles. The van der Waals surface area contributed by atoms with Gasteiger partial charge in [0, 0.05) is 49.1 Å². The number of phenolic OH excluding ortho intramolecular Hbond substituents is 1. The average molecular weight is 542 g/mol. The maximum atomic E-state index is 14.9. The largest absolute Gasteiger partial charge is 0.505 e. The van der Waals surface area contributed by atoms with E-state index in [1.165, 1.54) is 12.1 Å². The molecule has 4 aliphatic rings. The van der Waals surface area contributed by atoms with E-state index >= 15 is 0 Å². The Kier molecular flexibility index (Phi) is 5.87. The minimum atomic E-state index is -0.840. The molecule has 1 aromatic heterocycles. The summed E-state index contributed by atoms with van der Waals surface area (Å²) in [6.07, 6.45) is 3.82. The van der Waals surface area contributed by atoms with Crippen LogP contribution in [0.1, 0.15) is 32.1 Å². The fourth-order valence-corrected chi connectivity index (χ4v) is 7.23. The van der Waals surface area contributed by atoms with Crippen LogP contribution in [0.15, 0.2) is 30.3 Å². The predicted molar refractivity (Wildman–Crippen MR) is 142 cm³/mol. The second kappa shape index (κ2) is 9.17. The van der Waals surface area contributed by atoms with E-state index in [1.807, 2.05) is 6.07 Å². The van der Waals surface area contributed by atoms with E-state index in [4.69, 9.17) is 26.3 Å². The number of halogens is 3. The van der Waals surface area contributed by atoms with Gasteiger partial charge in [-0.15, -0.1) is 0 Å². The first-order valence-electron chi connectivity index (χ1n) is 13.4. The summed E-state index contributed by atoms with van der Waals surface area (Å²) >= 11 is 6.34. The molecule has 2 N–H and O–H groups in total. The summed E-state index contributed by atoms with van der Waals surface area (Å²) in [6, 6.07) is 9.21. The topological polar surface area (TPSA) is 73.8 Å². The molecule has 38 heavy (non-hydrogen) atoms. The summed E-state index contributed by atoms with van der Waals surface area (Å²) in [6.45, 7) is 3.33. The lowest BCUT2D eigenvalue weighted by Gasteiger charge is -2.34. The number of aromatic hydroxyl groups is 1. The third-order valence-electron chi connectivity index (χ3n) is 8.76. The summed E-state index contributed by atoms with van der Waals surface area (Å²) in [5.74, 6) is -0.451. The molecule has 7 nitrogen and oxygen atoms in total. The predicted octanol–water partition coefficient (Wildman–Crippen LogP) is 4.69. The molecule has 0 amide bonds. The van der Waals surface area contributed by atoms with E-state index < -0.39 is 17.7 Å². The number of nitrogens with one attached hydrogen (secondary N) is 1. The zero-order valence-corrected chi connectivity index (χ0v) is 21.7. The zero-order valence-electron chi connectivity index (χ0n) is 21.0. The number of ether oxygens (including phenoxy) is 1. The van der Waals surface area contributed by atoms with Crippen LogP contribution in [-0.2, 0) is 0 Å². The SMILES string of the molecule is Oc1ccc(Cl)c(-c2ccc3c(N4C[C@H]5CC[C@@H](C4)N5)nc(OC[C@@]45CCCN4C[C@H](F)C5)nc3c2)c1F. The van der Waals surface area contributed by atoms with E-state index in [9.17, 15) is 13.9 Å². The maximum absolute atomic E-state index is 14.9. The summed E-state index contributed by atoms with van der Waals surface area (Å²) in [5, 5.41) is 14.6. The van der Waals surface area contributed by atoms with Gasteiger partial charge in [-0.3, -0.25) is 4.90 Å². The van der Waals surface area contributed by atoms with E-state index in [0.717, 1.165) is 56.5 Å². The Balaban J connectivity index is 1.29. The van der Waals surface area contributed by atoms with Crippen LogP contribution in [0.3, 0.4) is 0 Å². The van der Waals surface area contributed by atoms with Crippen LogP contribution in [0.25, 0.3) is 22.0 Å². The van der Waals surface area contributed by atoms with Crippen molar-refractivity contribution in [3.05, 3.63) is 41.2 Å². The van der Waals surface area contributed by atoms with Crippen molar-refractivity contribution >= 4 is 28.3 Å².